The molecule has 0 spiro atoms. The average molecular weight is 489 g/mol. The zero-order chi connectivity index (χ0) is 23.3. The van der Waals surface area contributed by atoms with Crippen LogP contribution in [0, 0.1) is 0 Å². The van der Waals surface area contributed by atoms with Gasteiger partial charge in [-0.05, 0) is 49.7 Å². The van der Waals surface area contributed by atoms with Gasteiger partial charge in [-0.25, -0.2) is 8.42 Å². The molecule has 0 heterocycles. The second-order valence-electron chi connectivity index (χ2n) is 6.92. The zero-order valence-electron chi connectivity index (χ0n) is 18.0. The lowest BCUT2D eigenvalue weighted by Crippen LogP contribution is -2.49. The van der Waals surface area contributed by atoms with E-state index in [-0.39, 0.29) is 22.2 Å². The molecule has 31 heavy (non-hydrogen) atoms. The summed E-state index contributed by atoms with van der Waals surface area (Å²) in [5.74, 6) is 0.722. The van der Waals surface area contributed by atoms with Gasteiger partial charge in [0.05, 0.1) is 42.2 Å². The maximum atomic E-state index is 13.2. The number of methoxy groups -OCH3 is 2. The molecule has 0 radical (unpaired) electrons. The van der Waals surface area contributed by atoms with Crippen LogP contribution in [-0.4, -0.2) is 40.8 Å². The van der Waals surface area contributed by atoms with Crippen molar-refractivity contribution in [3.63, 3.8) is 0 Å². The molecule has 0 saturated carbocycles. The van der Waals surface area contributed by atoms with Gasteiger partial charge in [-0.3, -0.25) is 9.10 Å². The fourth-order valence-electron chi connectivity index (χ4n) is 3.25. The van der Waals surface area contributed by atoms with E-state index in [1.165, 1.54) is 25.3 Å². The van der Waals surface area contributed by atoms with Gasteiger partial charge in [0.1, 0.15) is 17.5 Å². The number of benzene rings is 2. The van der Waals surface area contributed by atoms with E-state index < -0.39 is 28.0 Å². The van der Waals surface area contributed by atoms with E-state index >= 15 is 0 Å². The van der Waals surface area contributed by atoms with Crippen molar-refractivity contribution < 1.29 is 22.7 Å². The van der Waals surface area contributed by atoms with Crippen LogP contribution in [0.3, 0.4) is 0 Å². The first-order chi connectivity index (χ1) is 14.5. The van der Waals surface area contributed by atoms with E-state index in [2.05, 4.69) is 5.32 Å². The molecule has 0 aliphatic heterocycles. The van der Waals surface area contributed by atoms with Crippen LogP contribution in [0.15, 0.2) is 36.4 Å². The van der Waals surface area contributed by atoms with E-state index in [1.54, 1.807) is 39.2 Å². The van der Waals surface area contributed by atoms with Crippen LogP contribution >= 0.6 is 23.2 Å². The Morgan fingerprint density at radius 3 is 2.29 bits per heavy atom. The van der Waals surface area contributed by atoms with Gasteiger partial charge in [-0.2, -0.15) is 0 Å². The molecule has 10 heteroatoms. The maximum Gasteiger partial charge on any atom is 0.244 e. The summed E-state index contributed by atoms with van der Waals surface area (Å²) in [4.78, 5) is 13.2. The summed E-state index contributed by atoms with van der Waals surface area (Å²) in [6, 6.07) is 8.22. The third kappa shape index (κ3) is 5.96. The van der Waals surface area contributed by atoms with Crippen molar-refractivity contribution in [2.45, 2.75) is 32.4 Å². The smallest absolute Gasteiger partial charge is 0.244 e. The lowest BCUT2D eigenvalue weighted by atomic mass is 10.1. The number of hydrogen-bond donors (Lipinski definition) is 1. The first kappa shape index (κ1) is 25.1. The number of nitrogens with zero attached hydrogens (tertiary/aromatic N) is 1. The molecule has 7 nitrogen and oxygen atoms in total. The molecule has 2 atom stereocenters. The minimum Gasteiger partial charge on any atom is -0.497 e. The Morgan fingerprint density at radius 2 is 1.77 bits per heavy atom. The van der Waals surface area contributed by atoms with Gasteiger partial charge in [0.25, 0.3) is 0 Å². The number of amides is 1. The third-order valence-electron chi connectivity index (χ3n) is 4.75. The van der Waals surface area contributed by atoms with E-state index in [4.69, 9.17) is 32.7 Å². The van der Waals surface area contributed by atoms with Gasteiger partial charge in [0, 0.05) is 5.56 Å². The molecule has 0 bridgehead atoms. The second kappa shape index (κ2) is 10.4. The number of halogens is 2. The first-order valence-corrected chi connectivity index (χ1v) is 12.1. The van der Waals surface area contributed by atoms with Crippen LogP contribution in [-0.2, 0) is 14.8 Å². The first-order valence-electron chi connectivity index (χ1n) is 9.50. The lowest BCUT2D eigenvalue weighted by molar-refractivity contribution is -0.122. The van der Waals surface area contributed by atoms with Crippen LogP contribution < -0.4 is 19.1 Å². The van der Waals surface area contributed by atoms with Crippen molar-refractivity contribution in [3.8, 4) is 11.5 Å². The molecular formula is C21H26Cl2N2O5S. The Balaban J connectivity index is 2.39. The number of anilines is 1. The van der Waals surface area contributed by atoms with Crippen molar-refractivity contribution in [2.24, 2.45) is 0 Å². The van der Waals surface area contributed by atoms with Crippen LogP contribution in [0.1, 0.15) is 31.9 Å². The van der Waals surface area contributed by atoms with E-state index in [1.807, 2.05) is 0 Å². The van der Waals surface area contributed by atoms with Crippen LogP contribution in [0.2, 0.25) is 10.0 Å². The van der Waals surface area contributed by atoms with E-state index in [0.29, 0.717) is 17.1 Å². The summed E-state index contributed by atoms with van der Waals surface area (Å²) in [7, 11) is -0.725. The molecule has 0 aliphatic carbocycles. The number of ether oxygens (including phenoxy) is 2. The summed E-state index contributed by atoms with van der Waals surface area (Å²) >= 11 is 12.0. The number of rotatable bonds is 9. The zero-order valence-corrected chi connectivity index (χ0v) is 20.3. The number of hydrogen-bond acceptors (Lipinski definition) is 5. The third-order valence-corrected chi connectivity index (χ3v) is 6.67. The largest absolute Gasteiger partial charge is 0.497 e. The van der Waals surface area contributed by atoms with Crippen LogP contribution in [0.5, 0.6) is 11.5 Å². The van der Waals surface area contributed by atoms with Crippen molar-refractivity contribution in [1.29, 1.82) is 0 Å². The summed E-state index contributed by atoms with van der Waals surface area (Å²) in [5.41, 5.74) is 0.955. The monoisotopic (exact) mass is 488 g/mol. The van der Waals surface area contributed by atoms with Gasteiger partial charge in [0.2, 0.25) is 15.9 Å². The molecule has 2 aromatic carbocycles. The predicted octanol–water partition coefficient (Wildman–Crippen LogP) is 4.43. The van der Waals surface area contributed by atoms with E-state index in [0.717, 1.165) is 10.6 Å². The van der Waals surface area contributed by atoms with Crippen molar-refractivity contribution in [3.05, 3.63) is 52.0 Å². The van der Waals surface area contributed by atoms with Gasteiger partial charge in [-0.15, -0.1) is 0 Å². The highest BCUT2D eigenvalue weighted by Crippen LogP contribution is 2.32. The molecule has 1 N–H and O–H groups in total. The standard InChI is InChI=1S/C21H26Cl2N2O5S/c1-6-19(25(31(5,27)28)14-7-9-17(22)18(23)11-14)21(26)24-13(2)16-12-15(29-3)8-10-20(16)30-4/h7-13,19H,6H2,1-5H3,(H,24,26). The predicted molar refractivity (Wildman–Crippen MR) is 124 cm³/mol. The topological polar surface area (TPSA) is 84.9 Å². The molecule has 2 aromatic rings. The normalized spacial score (nSPS) is 13.3. The SMILES string of the molecule is CCC(C(=O)NC(C)c1cc(OC)ccc1OC)N(c1ccc(Cl)c(Cl)c1)S(C)(=O)=O. The number of sulfonamides is 1. The molecule has 170 valence electrons. The Hall–Kier alpha value is -2.16. The van der Waals surface area contributed by atoms with Gasteiger partial charge >= 0.3 is 0 Å². The highest BCUT2D eigenvalue weighted by molar-refractivity contribution is 7.92. The summed E-state index contributed by atoms with van der Waals surface area (Å²) in [6.07, 6.45) is 1.28. The number of carbonyl (C=O) groups is 1. The molecule has 0 saturated heterocycles. The van der Waals surface area contributed by atoms with Gasteiger partial charge in [-0.1, -0.05) is 30.1 Å². The lowest BCUT2D eigenvalue weighted by Gasteiger charge is -2.31. The number of carbonyl (C=O) groups excluding carboxylic acids is 1. The second-order valence-corrected chi connectivity index (χ2v) is 9.59. The summed E-state index contributed by atoms with van der Waals surface area (Å²) in [6.45, 7) is 3.52. The summed E-state index contributed by atoms with van der Waals surface area (Å²) < 4.78 is 36.9. The molecule has 2 rings (SSSR count). The molecule has 0 aliphatic rings. The van der Waals surface area contributed by atoms with Crippen LogP contribution in [0.25, 0.3) is 0 Å². The van der Waals surface area contributed by atoms with Gasteiger partial charge in [0.15, 0.2) is 0 Å². The average Bonchev–Trinajstić information content (AvgIpc) is 2.72. The van der Waals surface area contributed by atoms with Crippen molar-refractivity contribution >= 4 is 44.8 Å². The molecule has 0 fully saturated rings. The summed E-state index contributed by atoms with van der Waals surface area (Å²) in [5, 5.41) is 3.36. The minimum absolute atomic E-state index is 0.192. The Labute approximate surface area is 193 Å². The molecule has 0 aromatic heterocycles. The van der Waals surface area contributed by atoms with E-state index in [9.17, 15) is 13.2 Å². The number of nitrogens with one attached hydrogen (secondary N) is 1. The van der Waals surface area contributed by atoms with Crippen molar-refractivity contribution in [1.82, 2.24) is 5.32 Å². The minimum atomic E-state index is -3.80. The fraction of sp³-hybridized carbons (Fsp3) is 0.381. The van der Waals surface area contributed by atoms with Crippen molar-refractivity contribution in [2.75, 3.05) is 24.8 Å². The quantitative estimate of drug-likeness (QED) is 0.563. The maximum absolute atomic E-state index is 13.2. The Morgan fingerprint density at radius 1 is 1.10 bits per heavy atom. The highest BCUT2D eigenvalue weighted by atomic mass is 35.5. The van der Waals surface area contributed by atoms with Crippen LogP contribution in [0.4, 0.5) is 5.69 Å². The Kier molecular flexibility index (Phi) is 8.45. The fourth-order valence-corrected chi connectivity index (χ4v) is 4.74. The Bertz CT molecular complexity index is 1050. The molecule has 1 amide bonds. The highest BCUT2D eigenvalue weighted by Gasteiger charge is 2.32. The molecular weight excluding hydrogens is 463 g/mol. The van der Waals surface area contributed by atoms with Gasteiger partial charge < -0.3 is 14.8 Å². The molecule has 2 unspecified atom stereocenters.